The van der Waals surface area contributed by atoms with Gasteiger partial charge >= 0.3 is 0 Å². The van der Waals surface area contributed by atoms with Crippen LogP contribution in [-0.4, -0.2) is 16.8 Å². The van der Waals surface area contributed by atoms with Crippen LogP contribution in [0.5, 0.6) is 0 Å². The van der Waals surface area contributed by atoms with Gasteiger partial charge in [0, 0.05) is 5.02 Å². The Morgan fingerprint density at radius 3 is 2.48 bits per heavy atom. The summed E-state index contributed by atoms with van der Waals surface area (Å²) in [6.07, 6.45) is 5.14. The summed E-state index contributed by atoms with van der Waals surface area (Å²) in [5, 5.41) is 1.12. The van der Waals surface area contributed by atoms with Crippen LogP contribution >= 0.6 is 22.9 Å². The lowest BCUT2D eigenvalue weighted by molar-refractivity contribution is -0.123. The second kappa shape index (κ2) is 4.42. The second-order valence-corrected chi connectivity index (χ2v) is 7.99. The summed E-state index contributed by atoms with van der Waals surface area (Å²) in [5.74, 6) is -0.0999. The second-order valence-electron chi connectivity index (χ2n) is 6.58. The van der Waals surface area contributed by atoms with Gasteiger partial charge in [0.2, 0.25) is 11.8 Å². The van der Waals surface area contributed by atoms with Crippen LogP contribution in [0.1, 0.15) is 12.0 Å². The molecule has 116 valence electrons. The highest BCUT2D eigenvalue weighted by molar-refractivity contribution is 7.22. The van der Waals surface area contributed by atoms with E-state index < -0.39 is 0 Å². The Labute approximate surface area is 141 Å². The quantitative estimate of drug-likeness (QED) is 0.587. The number of rotatable bonds is 1. The summed E-state index contributed by atoms with van der Waals surface area (Å²) in [6, 6.07) is 3.75. The van der Waals surface area contributed by atoms with Crippen molar-refractivity contribution in [1.82, 2.24) is 4.98 Å². The molecule has 1 saturated heterocycles. The van der Waals surface area contributed by atoms with Crippen molar-refractivity contribution in [2.75, 3.05) is 4.90 Å². The van der Waals surface area contributed by atoms with Gasteiger partial charge in [-0.15, -0.1) is 0 Å². The van der Waals surface area contributed by atoms with Crippen LogP contribution in [0.2, 0.25) is 5.02 Å². The fraction of sp³-hybridized carbons (Fsp3) is 0.353. The number of benzene rings is 1. The first-order valence-corrected chi connectivity index (χ1v) is 8.87. The third-order valence-corrected chi connectivity index (χ3v) is 6.73. The predicted octanol–water partition coefficient (Wildman–Crippen LogP) is 3.57. The number of thiazole rings is 1. The Morgan fingerprint density at radius 1 is 1.17 bits per heavy atom. The Kier molecular flexibility index (Phi) is 2.63. The van der Waals surface area contributed by atoms with Crippen LogP contribution in [0, 0.1) is 30.6 Å². The molecule has 6 heteroatoms. The zero-order chi connectivity index (χ0) is 15.9. The number of nitrogens with zero attached hydrogens (tertiary/aromatic N) is 2. The van der Waals surface area contributed by atoms with E-state index in [1.54, 1.807) is 6.07 Å². The maximum absolute atomic E-state index is 12.8. The van der Waals surface area contributed by atoms with E-state index in [2.05, 4.69) is 17.1 Å². The van der Waals surface area contributed by atoms with Gasteiger partial charge in [0.05, 0.1) is 22.1 Å². The molecule has 4 atom stereocenters. The lowest BCUT2D eigenvalue weighted by Crippen LogP contribution is -2.32. The zero-order valence-electron chi connectivity index (χ0n) is 12.3. The average molecular weight is 345 g/mol. The number of anilines is 1. The van der Waals surface area contributed by atoms with Gasteiger partial charge in [-0.1, -0.05) is 35.1 Å². The molecule has 0 spiro atoms. The largest absolute Gasteiger partial charge is 0.274 e. The number of hydrogen-bond donors (Lipinski definition) is 0. The maximum Gasteiger partial charge on any atom is 0.240 e. The van der Waals surface area contributed by atoms with E-state index >= 15 is 0 Å². The average Bonchev–Trinajstić information content (AvgIpc) is 3.24. The van der Waals surface area contributed by atoms with Crippen LogP contribution in [0.15, 0.2) is 24.3 Å². The van der Waals surface area contributed by atoms with Crippen molar-refractivity contribution in [3.8, 4) is 0 Å². The molecule has 23 heavy (non-hydrogen) atoms. The molecule has 1 aromatic heterocycles. The van der Waals surface area contributed by atoms with E-state index in [1.165, 1.54) is 16.2 Å². The highest BCUT2D eigenvalue weighted by Crippen LogP contribution is 2.53. The Balaban J connectivity index is 1.60. The molecule has 1 aromatic carbocycles. The predicted molar refractivity (Wildman–Crippen MR) is 89.6 cm³/mol. The molecule has 2 aromatic rings. The van der Waals surface area contributed by atoms with Gasteiger partial charge in [0.1, 0.15) is 0 Å². The van der Waals surface area contributed by atoms with Gasteiger partial charge in [0.15, 0.2) is 5.13 Å². The summed E-state index contributed by atoms with van der Waals surface area (Å²) in [5.41, 5.74) is 1.70. The summed E-state index contributed by atoms with van der Waals surface area (Å²) >= 11 is 7.53. The van der Waals surface area contributed by atoms with Gasteiger partial charge in [-0.2, -0.15) is 0 Å². The fourth-order valence-corrected chi connectivity index (χ4v) is 5.44. The van der Waals surface area contributed by atoms with E-state index in [0.717, 1.165) is 22.2 Å². The molecule has 3 aliphatic rings. The van der Waals surface area contributed by atoms with Gasteiger partial charge in [-0.25, -0.2) is 9.88 Å². The van der Waals surface area contributed by atoms with Crippen LogP contribution in [0.3, 0.4) is 0 Å². The molecule has 0 N–H and O–H groups in total. The minimum atomic E-state index is -0.185. The Bertz CT molecular complexity index is 850. The number of aromatic nitrogens is 1. The van der Waals surface area contributed by atoms with E-state index in [1.807, 2.05) is 13.0 Å². The molecule has 1 aliphatic heterocycles. The first-order valence-electron chi connectivity index (χ1n) is 7.67. The lowest BCUT2D eigenvalue weighted by atomic mass is 9.85. The normalized spacial score (nSPS) is 31.7. The molecular weight excluding hydrogens is 332 g/mol. The molecule has 1 saturated carbocycles. The standard InChI is InChI=1S/C17H13ClN2O2S/c1-7-4-12-11(6-10(7)18)19-17(23-12)20-15(21)13-8-2-3-9(5-8)14(13)16(20)22/h2-4,6,8-9,13-14H,5H2,1H3/t8-,9-,13-,14+/m0/s1. The Hall–Kier alpha value is -1.72. The molecular formula is C17H13ClN2O2S. The number of allylic oxidation sites excluding steroid dienone is 2. The van der Waals surface area contributed by atoms with Crippen LogP contribution in [-0.2, 0) is 9.59 Å². The molecule has 5 rings (SSSR count). The number of fused-ring (bicyclic) bond motifs is 6. The van der Waals surface area contributed by atoms with Crippen molar-refractivity contribution >= 4 is 50.1 Å². The molecule has 2 aliphatic carbocycles. The van der Waals surface area contributed by atoms with Gasteiger partial charge in [-0.05, 0) is 42.9 Å². The van der Waals surface area contributed by atoms with E-state index in [9.17, 15) is 9.59 Å². The molecule has 0 radical (unpaired) electrons. The van der Waals surface area contributed by atoms with E-state index in [0.29, 0.717) is 10.2 Å². The molecule has 2 amide bonds. The summed E-state index contributed by atoms with van der Waals surface area (Å²) < 4.78 is 0.945. The fourth-order valence-electron chi connectivity index (χ4n) is 4.22. The summed E-state index contributed by atoms with van der Waals surface area (Å²) in [7, 11) is 0. The molecule has 4 nitrogen and oxygen atoms in total. The summed E-state index contributed by atoms with van der Waals surface area (Å²) in [6.45, 7) is 1.93. The van der Waals surface area contributed by atoms with Crippen molar-refractivity contribution in [2.24, 2.45) is 23.7 Å². The van der Waals surface area contributed by atoms with E-state index in [-0.39, 0.29) is 35.5 Å². The number of amides is 2. The number of hydrogen-bond acceptors (Lipinski definition) is 4. The van der Waals surface area contributed by atoms with Crippen molar-refractivity contribution in [1.29, 1.82) is 0 Å². The monoisotopic (exact) mass is 344 g/mol. The first-order chi connectivity index (χ1) is 11.0. The Morgan fingerprint density at radius 2 is 1.83 bits per heavy atom. The van der Waals surface area contributed by atoms with Crippen LogP contribution in [0.4, 0.5) is 5.13 Å². The van der Waals surface area contributed by atoms with E-state index in [4.69, 9.17) is 11.6 Å². The minimum absolute atomic E-state index is 0.0845. The van der Waals surface area contributed by atoms with Crippen molar-refractivity contribution in [2.45, 2.75) is 13.3 Å². The van der Waals surface area contributed by atoms with Gasteiger partial charge in [0.25, 0.3) is 0 Å². The highest BCUT2D eigenvalue weighted by Gasteiger charge is 2.60. The molecule has 0 unspecified atom stereocenters. The smallest absolute Gasteiger partial charge is 0.240 e. The number of imide groups is 1. The van der Waals surface area contributed by atoms with Crippen LogP contribution in [0.25, 0.3) is 10.2 Å². The third kappa shape index (κ3) is 1.69. The molecule has 2 fully saturated rings. The lowest BCUT2D eigenvalue weighted by Gasteiger charge is -2.14. The molecule has 2 heterocycles. The zero-order valence-corrected chi connectivity index (χ0v) is 13.9. The number of carbonyl (C=O) groups excluding carboxylic acids is 2. The SMILES string of the molecule is Cc1cc2sc(N3C(=O)[C@@H]4[C@H](C3=O)[C@H]3C=C[C@H]4C3)nc2cc1Cl. The topological polar surface area (TPSA) is 50.3 Å². The minimum Gasteiger partial charge on any atom is -0.274 e. The molecule has 2 bridgehead atoms. The van der Waals surface area contributed by atoms with Gasteiger partial charge < -0.3 is 0 Å². The van der Waals surface area contributed by atoms with Crippen LogP contribution < -0.4 is 4.90 Å². The highest BCUT2D eigenvalue weighted by atomic mass is 35.5. The third-order valence-electron chi connectivity index (χ3n) is 5.32. The number of aryl methyl sites for hydroxylation is 1. The first kappa shape index (κ1) is 13.7. The van der Waals surface area contributed by atoms with Crippen molar-refractivity contribution in [3.63, 3.8) is 0 Å². The van der Waals surface area contributed by atoms with Gasteiger partial charge in [-0.3, -0.25) is 9.59 Å². The maximum atomic E-state index is 12.8. The van der Waals surface area contributed by atoms with Crippen molar-refractivity contribution < 1.29 is 9.59 Å². The van der Waals surface area contributed by atoms with Crippen molar-refractivity contribution in [3.05, 3.63) is 34.9 Å². The number of halogens is 1. The number of carbonyl (C=O) groups is 2. The summed E-state index contributed by atoms with van der Waals surface area (Å²) in [4.78, 5) is 31.4.